The quantitative estimate of drug-likeness (QED) is 0.478. The number of nitrogens with one attached hydrogen (secondary N) is 2. The van der Waals surface area contributed by atoms with E-state index in [1.807, 2.05) is 31.2 Å². The van der Waals surface area contributed by atoms with Gasteiger partial charge in [-0.05, 0) is 54.4 Å². The first-order valence-electron chi connectivity index (χ1n) is 12.6. The van der Waals surface area contributed by atoms with Crippen LogP contribution in [0.2, 0.25) is 0 Å². The maximum absolute atomic E-state index is 12.6. The maximum atomic E-state index is 12.6. The highest BCUT2D eigenvalue weighted by atomic mass is 16.5. The largest absolute Gasteiger partial charge is 0.481 e. The standard InChI is InChI=1S/C28H34N2O5/c1-2-19(14-15-26(31)29-20-9-7-8-18(16-20)27(32)33)30-28(34)35-17-25-23-12-5-3-10-21(23)22-11-4-6-13-24(22)25/h3-6,10-13,18-20,25H,2,7-9,14-17H2,1H3,(H,29,31)(H,30,34)(H,32,33)/t18-,19?,20+/m1/s1. The molecule has 3 N–H and O–H groups in total. The zero-order chi connectivity index (χ0) is 24.8. The first kappa shape index (κ1) is 24.8. The highest BCUT2D eigenvalue weighted by Crippen LogP contribution is 2.44. The Morgan fingerprint density at radius 1 is 1.03 bits per heavy atom. The average Bonchev–Trinajstić information content (AvgIpc) is 3.19. The minimum atomic E-state index is -0.790. The third kappa shape index (κ3) is 6.02. The van der Waals surface area contributed by atoms with Crippen LogP contribution in [-0.2, 0) is 14.3 Å². The second kappa shape index (κ2) is 11.4. The molecule has 0 aromatic heterocycles. The number of amides is 2. The van der Waals surface area contributed by atoms with E-state index in [2.05, 4.69) is 34.9 Å². The van der Waals surface area contributed by atoms with Crippen LogP contribution in [0.15, 0.2) is 48.5 Å². The summed E-state index contributed by atoms with van der Waals surface area (Å²) in [5.74, 6) is -1.27. The van der Waals surface area contributed by atoms with Gasteiger partial charge < -0.3 is 20.5 Å². The molecule has 186 valence electrons. The summed E-state index contributed by atoms with van der Waals surface area (Å²) in [6.45, 7) is 2.22. The summed E-state index contributed by atoms with van der Waals surface area (Å²) in [4.78, 5) is 36.2. The number of rotatable bonds is 9. The van der Waals surface area contributed by atoms with Gasteiger partial charge in [-0.1, -0.05) is 61.9 Å². The Balaban J connectivity index is 1.24. The predicted molar refractivity (Wildman–Crippen MR) is 133 cm³/mol. The molecule has 3 atom stereocenters. The topological polar surface area (TPSA) is 105 Å². The Morgan fingerprint density at radius 2 is 1.69 bits per heavy atom. The van der Waals surface area contributed by atoms with Crippen molar-refractivity contribution >= 4 is 18.0 Å². The molecule has 2 aromatic rings. The van der Waals surface area contributed by atoms with Crippen molar-refractivity contribution in [2.45, 2.75) is 69.9 Å². The van der Waals surface area contributed by atoms with Gasteiger partial charge in [-0.25, -0.2) is 4.79 Å². The number of ether oxygens (including phenoxy) is 1. The number of carboxylic acid groups (broad SMARTS) is 1. The van der Waals surface area contributed by atoms with E-state index in [0.717, 1.165) is 24.0 Å². The molecule has 0 aliphatic heterocycles. The van der Waals surface area contributed by atoms with Gasteiger partial charge in [-0.3, -0.25) is 9.59 Å². The van der Waals surface area contributed by atoms with E-state index in [0.29, 0.717) is 25.7 Å². The number of hydrogen-bond acceptors (Lipinski definition) is 4. The Hall–Kier alpha value is -3.35. The second-order valence-electron chi connectivity index (χ2n) is 9.58. The van der Waals surface area contributed by atoms with Crippen molar-refractivity contribution < 1.29 is 24.2 Å². The van der Waals surface area contributed by atoms with E-state index in [1.165, 1.54) is 11.1 Å². The van der Waals surface area contributed by atoms with Gasteiger partial charge in [0.2, 0.25) is 5.91 Å². The lowest BCUT2D eigenvalue weighted by molar-refractivity contribution is -0.143. The molecule has 4 rings (SSSR count). The number of alkyl carbamates (subject to hydrolysis) is 1. The van der Waals surface area contributed by atoms with E-state index in [-0.39, 0.29) is 42.9 Å². The summed E-state index contributed by atoms with van der Waals surface area (Å²) in [5.41, 5.74) is 4.69. The fourth-order valence-electron chi connectivity index (χ4n) is 5.34. The molecule has 35 heavy (non-hydrogen) atoms. The average molecular weight is 479 g/mol. The van der Waals surface area contributed by atoms with Crippen molar-refractivity contribution in [3.8, 4) is 11.1 Å². The Bertz CT molecular complexity index is 1020. The molecule has 7 heteroatoms. The number of aliphatic carboxylic acids is 1. The molecule has 0 radical (unpaired) electrons. The Labute approximate surface area is 206 Å². The van der Waals surface area contributed by atoms with Gasteiger partial charge in [0.05, 0.1) is 5.92 Å². The molecule has 2 aliphatic rings. The van der Waals surface area contributed by atoms with Crippen LogP contribution in [0.3, 0.4) is 0 Å². The first-order chi connectivity index (χ1) is 17.0. The third-order valence-electron chi connectivity index (χ3n) is 7.27. The van der Waals surface area contributed by atoms with Crippen LogP contribution in [0, 0.1) is 5.92 Å². The summed E-state index contributed by atoms with van der Waals surface area (Å²) in [7, 11) is 0. The Morgan fingerprint density at radius 3 is 2.31 bits per heavy atom. The van der Waals surface area contributed by atoms with E-state index in [1.54, 1.807) is 0 Å². The van der Waals surface area contributed by atoms with Gasteiger partial charge in [-0.2, -0.15) is 0 Å². The lowest BCUT2D eigenvalue weighted by Crippen LogP contribution is -2.41. The number of fused-ring (bicyclic) bond motifs is 3. The molecule has 2 amide bonds. The summed E-state index contributed by atoms with van der Waals surface area (Å²) in [6.07, 6.45) is 3.75. The molecule has 0 heterocycles. The van der Waals surface area contributed by atoms with Crippen LogP contribution in [0.25, 0.3) is 11.1 Å². The molecule has 1 saturated carbocycles. The van der Waals surface area contributed by atoms with Crippen molar-refractivity contribution in [2.75, 3.05) is 6.61 Å². The highest BCUT2D eigenvalue weighted by molar-refractivity contribution is 5.79. The minimum Gasteiger partial charge on any atom is -0.481 e. The molecule has 0 bridgehead atoms. The van der Waals surface area contributed by atoms with Crippen LogP contribution in [0.4, 0.5) is 4.79 Å². The van der Waals surface area contributed by atoms with E-state index in [9.17, 15) is 19.5 Å². The number of carbonyl (C=O) groups is 3. The molecule has 0 spiro atoms. The molecule has 1 fully saturated rings. The molecule has 2 aliphatic carbocycles. The van der Waals surface area contributed by atoms with Gasteiger partial charge in [0.15, 0.2) is 0 Å². The predicted octanol–water partition coefficient (Wildman–Crippen LogP) is 4.84. The fourth-order valence-corrected chi connectivity index (χ4v) is 5.34. The van der Waals surface area contributed by atoms with E-state index >= 15 is 0 Å². The van der Waals surface area contributed by atoms with Gasteiger partial charge in [0.25, 0.3) is 0 Å². The summed E-state index contributed by atoms with van der Waals surface area (Å²) in [6, 6.07) is 16.2. The van der Waals surface area contributed by atoms with E-state index < -0.39 is 12.1 Å². The molecule has 0 saturated heterocycles. The van der Waals surface area contributed by atoms with Crippen molar-refractivity contribution in [1.82, 2.24) is 10.6 Å². The zero-order valence-electron chi connectivity index (χ0n) is 20.2. The minimum absolute atomic E-state index is 0.00382. The third-order valence-corrected chi connectivity index (χ3v) is 7.27. The summed E-state index contributed by atoms with van der Waals surface area (Å²) < 4.78 is 5.63. The van der Waals surface area contributed by atoms with E-state index in [4.69, 9.17) is 4.74 Å². The van der Waals surface area contributed by atoms with Crippen LogP contribution in [-0.4, -0.2) is 41.8 Å². The SMILES string of the molecule is CCC(CCC(=O)N[C@H]1CCC[C@@H](C(=O)O)C1)NC(=O)OCC1c2ccccc2-c2ccccc21. The van der Waals surface area contributed by atoms with Gasteiger partial charge >= 0.3 is 12.1 Å². The number of benzene rings is 2. The van der Waals surface area contributed by atoms with Crippen LogP contribution in [0.5, 0.6) is 0 Å². The normalized spacial score (nSPS) is 19.8. The smallest absolute Gasteiger partial charge is 0.407 e. The van der Waals surface area contributed by atoms with Crippen LogP contribution < -0.4 is 10.6 Å². The highest BCUT2D eigenvalue weighted by Gasteiger charge is 2.30. The number of carboxylic acids is 1. The number of hydrogen-bond donors (Lipinski definition) is 3. The first-order valence-corrected chi connectivity index (χ1v) is 12.6. The number of carbonyl (C=O) groups excluding carboxylic acids is 2. The summed E-state index contributed by atoms with van der Waals surface area (Å²) in [5, 5.41) is 15.1. The maximum Gasteiger partial charge on any atom is 0.407 e. The molecule has 7 nitrogen and oxygen atoms in total. The van der Waals surface area contributed by atoms with Crippen molar-refractivity contribution in [3.63, 3.8) is 0 Å². The Kier molecular flexibility index (Phi) is 8.06. The lowest BCUT2D eigenvalue weighted by Gasteiger charge is -2.27. The van der Waals surface area contributed by atoms with Crippen molar-refractivity contribution in [3.05, 3.63) is 59.7 Å². The van der Waals surface area contributed by atoms with Gasteiger partial charge in [-0.15, -0.1) is 0 Å². The molecule has 1 unspecified atom stereocenters. The van der Waals surface area contributed by atoms with Crippen LogP contribution in [0.1, 0.15) is 68.9 Å². The van der Waals surface area contributed by atoms with Gasteiger partial charge in [0, 0.05) is 24.4 Å². The second-order valence-corrected chi connectivity index (χ2v) is 9.58. The van der Waals surface area contributed by atoms with Crippen molar-refractivity contribution in [2.24, 2.45) is 5.92 Å². The molecular weight excluding hydrogens is 444 g/mol. The van der Waals surface area contributed by atoms with Crippen LogP contribution >= 0.6 is 0 Å². The lowest BCUT2D eigenvalue weighted by atomic mass is 9.85. The zero-order valence-corrected chi connectivity index (χ0v) is 20.2. The van der Waals surface area contributed by atoms with Crippen molar-refractivity contribution in [1.29, 1.82) is 0 Å². The molecule has 2 aromatic carbocycles. The molecular formula is C28H34N2O5. The monoisotopic (exact) mass is 478 g/mol. The summed E-state index contributed by atoms with van der Waals surface area (Å²) >= 11 is 0. The fraction of sp³-hybridized carbons (Fsp3) is 0.464. The van der Waals surface area contributed by atoms with Gasteiger partial charge in [0.1, 0.15) is 6.61 Å².